The molecule has 0 aliphatic carbocycles. The summed E-state index contributed by atoms with van der Waals surface area (Å²) in [6.07, 6.45) is 1.45. The van der Waals surface area contributed by atoms with Crippen molar-refractivity contribution < 1.29 is 9.84 Å². The van der Waals surface area contributed by atoms with Gasteiger partial charge < -0.3 is 9.84 Å². The fourth-order valence-electron chi connectivity index (χ4n) is 1.22. The van der Waals surface area contributed by atoms with Gasteiger partial charge in [0.1, 0.15) is 0 Å². The number of hydrogen-bond acceptors (Lipinski definition) is 2. The zero-order valence-electron chi connectivity index (χ0n) is 6.00. The number of ether oxygens (including phenoxy) is 1. The Bertz CT molecular complexity index is 82.9. The van der Waals surface area contributed by atoms with Crippen molar-refractivity contribution in [1.29, 1.82) is 0 Å². The SMILES string of the molecule is CC1O[C@H](CO)C[C@@H]1C. The van der Waals surface area contributed by atoms with Gasteiger partial charge in [-0.25, -0.2) is 0 Å². The molecule has 0 spiro atoms. The van der Waals surface area contributed by atoms with E-state index in [2.05, 4.69) is 13.8 Å². The van der Waals surface area contributed by atoms with Crippen LogP contribution in [-0.4, -0.2) is 23.9 Å². The molecule has 1 fully saturated rings. The van der Waals surface area contributed by atoms with Gasteiger partial charge in [-0.3, -0.25) is 0 Å². The second-order valence-electron chi connectivity index (χ2n) is 2.86. The first-order valence-corrected chi connectivity index (χ1v) is 3.50. The van der Waals surface area contributed by atoms with Crippen molar-refractivity contribution in [3.63, 3.8) is 0 Å². The van der Waals surface area contributed by atoms with E-state index >= 15 is 0 Å². The van der Waals surface area contributed by atoms with E-state index in [1.807, 2.05) is 0 Å². The van der Waals surface area contributed by atoms with Gasteiger partial charge in [0, 0.05) is 0 Å². The molecule has 1 rings (SSSR count). The van der Waals surface area contributed by atoms with Crippen LogP contribution in [0.15, 0.2) is 0 Å². The minimum Gasteiger partial charge on any atom is -0.394 e. The van der Waals surface area contributed by atoms with Crippen LogP contribution in [0.1, 0.15) is 20.3 Å². The molecular weight excluding hydrogens is 116 g/mol. The molecule has 3 atom stereocenters. The van der Waals surface area contributed by atoms with Gasteiger partial charge in [-0.1, -0.05) is 6.92 Å². The van der Waals surface area contributed by atoms with Gasteiger partial charge in [0.05, 0.1) is 18.8 Å². The van der Waals surface area contributed by atoms with Crippen LogP contribution in [0, 0.1) is 5.92 Å². The molecule has 1 aliphatic heterocycles. The summed E-state index contributed by atoms with van der Waals surface area (Å²) in [6, 6.07) is 0. The smallest absolute Gasteiger partial charge is 0.0813 e. The summed E-state index contributed by atoms with van der Waals surface area (Å²) in [4.78, 5) is 0. The summed E-state index contributed by atoms with van der Waals surface area (Å²) >= 11 is 0. The Morgan fingerprint density at radius 2 is 2.22 bits per heavy atom. The van der Waals surface area contributed by atoms with Gasteiger partial charge in [0.25, 0.3) is 0 Å². The lowest BCUT2D eigenvalue weighted by Gasteiger charge is -2.06. The van der Waals surface area contributed by atoms with E-state index in [1.165, 1.54) is 0 Å². The average Bonchev–Trinajstić information content (AvgIpc) is 2.13. The molecule has 0 aromatic heterocycles. The number of rotatable bonds is 1. The molecule has 2 heteroatoms. The maximum Gasteiger partial charge on any atom is 0.0813 e. The molecule has 0 aromatic rings. The number of hydrogen-bond donors (Lipinski definition) is 1. The van der Waals surface area contributed by atoms with E-state index in [9.17, 15) is 0 Å². The van der Waals surface area contributed by atoms with Gasteiger partial charge in [0.2, 0.25) is 0 Å². The van der Waals surface area contributed by atoms with E-state index in [-0.39, 0.29) is 12.7 Å². The molecule has 1 N–H and O–H groups in total. The summed E-state index contributed by atoms with van der Waals surface area (Å²) in [7, 11) is 0. The summed E-state index contributed by atoms with van der Waals surface area (Å²) in [5, 5.41) is 8.68. The van der Waals surface area contributed by atoms with Crippen molar-refractivity contribution in [2.24, 2.45) is 5.92 Å². The topological polar surface area (TPSA) is 29.5 Å². The predicted molar refractivity (Wildman–Crippen MR) is 35.2 cm³/mol. The fourth-order valence-corrected chi connectivity index (χ4v) is 1.22. The Balaban J connectivity index is 2.35. The minimum absolute atomic E-state index is 0.106. The third-order valence-electron chi connectivity index (χ3n) is 2.05. The lowest BCUT2D eigenvalue weighted by Crippen LogP contribution is -2.12. The largest absolute Gasteiger partial charge is 0.394 e. The van der Waals surface area contributed by atoms with Crippen LogP contribution in [0.25, 0.3) is 0 Å². The van der Waals surface area contributed by atoms with E-state index in [0.29, 0.717) is 12.0 Å². The normalized spacial score (nSPS) is 43.7. The molecule has 1 heterocycles. The highest BCUT2D eigenvalue weighted by Gasteiger charge is 2.27. The van der Waals surface area contributed by atoms with E-state index in [0.717, 1.165) is 6.42 Å². The van der Waals surface area contributed by atoms with Crippen molar-refractivity contribution in [2.75, 3.05) is 6.61 Å². The zero-order valence-corrected chi connectivity index (χ0v) is 6.00. The van der Waals surface area contributed by atoms with Crippen LogP contribution >= 0.6 is 0 Å². The third kappa shape index (κ3) is 1.43. The average molecular weight is 130 g/mol. The highest BCUT2D eigenvalue weighted by Crippen LogP contribution is 2.24. The molecule has 2 nitrogen and oxygen atoms in total. The van der Waals surface area contributed by atoms with Crippen molar-refractivity contribution in [2.45, 2.75) is 32.5 Å². The van der Waals surface area contributed by atoms with Crippen LogP contribution < -0.4 is 0 Å². The molecule has 0 bridgehead atoms. The van der Waals surface area contributed by atoms with Crippen LogP contribution in [-0.2, 0) is 4.74 Å². The molecule has 9 heavy (non-hydrogen) atoms. The molecule has 0 aromatic carbocycles. The zero-order chi connectivity index (χ0) is 6.85. The summed E-state index contributed by atoms with van der Waals surface area (Å²) < 4.78 is 5.37. The Morgan fingerprint density at radius 1 is 1.56 bits per heavy atom. The molecular formula is C7H14O2. The summed E-state index contributed by atoms with van der Waals surface area (Å²) in [5.74, 6) is 0.613. The molecule has 0 saturated carbocycles. The monoisotopic (exact) mass is 130 g/mol. The summed E-state index contributed by atoms with van der Waals surface area (Å²) in [5.41, 5.74) is 0. The van der Waals surface area contributed by atoms with Crippen LogP contribution in [0.4, 0.5) is 0 Å². The van der Waals surface area contributed by atoms with Crippen molar-refractivity contribution in [3.05, 3.63) is 0 Å². The van der Waals surface area contributed by atoms with Crippen LogP contribution in [0.5, 0.6) is 0 Å². The molecule has 1 unspecified atom stereocenters. The van der Waals surface area contributed by atoms with Gasteiger partial charge in [-0.05, 0) is 19.3 Å². The van der Waals surface area contributed by atoms with Crippen molar-refractivity contribution in [1.82, 2.24) is 0 Å². The molecule has 1 saturated heterocycles. The maximum atomic E-state index is 8.68. The Morgan fingerprint density at radius 3 is 2.44 bits per heavy atom. The summed E-state index contributed by atoms with van der Waals surface area (Å²) in [6.45, 7) is 4.38. The van der Waals surface area contributed by atoms with Gasteiger partial charge in [0.15, 0.2) is 0 Å². The number of aliphatic hydroxyl groups is 1. The first-order chi connectivity index (χ1) is 4.24. The quantitative estimate of drug-likeness (QED) is 0.568. The van der Waals surface area contributed by atoms with Gasteiger partial charge in [-0.2, -0.15) is 0 Å². The second kappa shape index (κ2) is 2.67. The Hall–Kier alpha value is -0.0800. The number of aliphatic hydroxyl groups excluding tert-OH is 1. The molecule has 0 radical (unpaired) electrons. The minimum atomic E-state index is 0.106. The second-order valence-corrected chi connectivity index (χ2v) is 2.86. The molecule has 54 valence electrons. The van der Waals surface area contributed by atoms with Crippen molar-refractivity contribution >= 4 is 0 Å². The lowest BCUT2D eigenvalue weighted by atomic mass is 10.0. The maximum absolute atomic E-state index is 8.68. The van der Waals surface area contributed by atoms with E-state index in [4.69, 9.17) is 9.84 Å². The van der Waals surface area contributed by atoms with E-state index in [1.54, 1.807) is 0 Å². The molecule has 0 amide bonds. The molecule has 1 aliphatic rings. The van der Waals surface area contributed by atoms with Crippen molar-refractivity contribution in [3.8, 4) is 0 Å². The fraction of sp³-hybridized carbons (Fsp3) is 1.00. The third-order valence-corrected chi connectivity index (χ3v) is 2.05. The van der Waals surface area contributed by atoms with Gasteiger partial charge in [-0.15, -0.1) is 0 Å². The Kier molecular flexibility index (Phi) is 2.09. The Labute approximate surface area is 55.8 Å². The standard InChI is InChI=1S/C7H14O2/c1-5-3-7(4-8)9-6(5)2/h5-8H,3-4H2,1-2H3/t5-,6?,7-/m0/s1. The van der Waals surface area contributed by atoms with Crippen LogP contribution in [0.3, 0.4) is 0 Å². The highest BCUT2D eigenvalue weighted by molar-refractivity contribution is 4.75. The van der Waals surface area contributed by atoms with Crippen LogP contribution in [0.2, 0.25) is 0 Å². The highest BCUT2D eigenvalue weighted by atomic mass is 16.5. The first kappa shape index (κ1) is 7.03. The lowest BCUT2D eigenvalue weighted by molar-refractivity contribution is 0.0150. The van der Waals surface area contributed by atoms with E-state index < -0.39 is 0 Å². The predicted octanol–water partition coefficient (Wildman–Crippen LogP) is 0.792. The first-order valence-electron chi connectivity index (χ1n) is 3.50. The van der Waals surface area contributed by atoms with Gasteiger partial charge >= 0.3 is 0 Å².